The van der Waals surface area contributed by atoms with Crippen LogP contribution in [0.2, 0.25) is 0 Å². The molecule has 1 aromatic heterocycles. The summed E-state index contributed by atoms with van der Waals surface area (Å²) in [4.78, 5) is 25.0. The van der Waals surface area contributed by atoms with E-state index in [4.69, 9.17) is 4.74 Å². The molecule has 0 unspecified atom stereocenters. The molecule has 2 aromatic rings. The number of ether oxygens (including phenoxy) is 1. The molecule has 1 aliphatic rings. The Morgan fingerprint density at radius 1 is 1.26 bits per heavy atom. The van der Waals surface area contributed by atoms with Crippen LogP contribution >= 0.6 is 0 Å². The molecule has 1 aliphatic carbocycles. The maximum atomic E-state index is 14.1. The number of aromatic nitrogens is 2. The van der Waals surface area contributed by atoms with Gasteiger partial charge in [-0.25, -0.2) is 4.39 Å². The van der Waals surface area contributed by atoms with Crippen LogP contribution in [0.3, 0.4) is 0 Å². The Morgan fingerprint density at radius 2 is 2.00 bits per heavy atom. The van der Waals surface area contributed by atoms with Crippen molar-refractivity contribution in [3.8, 4) is 5.75 Å². The van der Waals surface area contributed by atoms with Crippen LogP contribution in [0.15, 0.2) is 24.4 Å². The van der Waals surface area contributed by atoms with Gasteiger partial charge in [-0.15, -0.1) is 0 Å². The van der Waals surface area contributed by atoms with Gasteiger partial charge in [0.05, 0.1) is 18.9 Å². The summed E-state index contributed by atoms with van der Waals surface area (Å²) in [5.41, 5.74) is -0.114. The summed E-state index contributed by atoms with van der Waals surface area (Å²) in [5, 5.41) is 21.3. The quantitative estimate of drug-likeness (QED) is 0.635. The van der Waals surface area contributed by atoms with Gasteiger partial charge < -0.3 is 20.5 Å². The fourth-order valence-corrected chi connectivity index (χ4v) is 3.11. The number of anilines is 1. The first kappa shape index (κ1) is 18.8. The third-order valence-corrected chi connectivity index (χ3v) is 4.56. The molecule has 27 heavy (non-hydrogen) atoms. The molecule has 1 aromatic carbocycles. The van der Waals surface area contributed by atoms with Crippen molar-refractivity contribution in [1.82, 2.24) is 15.5 Å². The molecule has 0 aliphatic heterocycles. The topological polar surface area (TPSA) is 116 Å². The number of aliphatic hydroxyl groups excluding tert-OH is 1. The second kappa shape index (κ2) is 8.17. The Kier molecular flexibility index (Phi) is 5.70. The molecule has 9 heteroatoms. The fraction of sp³-hybridized carbons (Fsp3) is 0.389. The van der Waals surface area contributed by atoms with Crippen molar-refractivity contribution < 1.29 is 23.8 Å². The standard InChI is InChI=1S/C18H21FN4O4/c1-27-14-4-2-3-12(19)15(14)17(25)22-13-9-20-23-16(13)18(26)21-10-5-7-11(24)8-6-10/h2-4,9-11,24H,5-8H2,1H3,(H,20,23)(H,21,26)(H,22,25). The molecular weight excluding hydrogens is 355 g/mol. The molecule has 0 spiro atoms. The van der Waals surface area contributed by atoms with Crippen molar-refractivity contribution in [1.29, 1.82) is 0 Å². The predicted octanol–water partition coefficient (Wildman–Crippen LogP) is 1.84. The molecular formula is C18H21FN4O4. The Morgan fingerprint density at radius 3 is 2.70 bits per heavy atom. The Bertz CT molecular complexity index is 831. The zero-order valence-corrected chi connectivity index (χ0v) is 14.8. The predicted molar refractivity (Wildman–Crippen MR) is 95.2 cm³/mol. The molecule has 1 heterocycles. The van der Waals surface area contributed by atoms with Crippen molar-refractivity contribution in [2.75, 3.05) is 12.4 Å². The minimum absolute atomic E-state index is 0.00442. The van der Waals surface area contributed by atoms with Crippen molar-refractivity contribution in [3.05, 3.63) is 41.5 Å². The summed E-state index contributed by atoms with van der Waals surface area (Å²) in [7, 11) is 1.34. The first-order chi connectivity index (χ1) is 13.0. The maximum absolute atomic E-state index is 14.1. The van der Waals surface area contributed by atoms with Gasteiger partial charge in [-0.2, -0.15) is 5.10 Å². The minimum atomic E-state index is -0.749. The zero-order valence-electron chi connectivity index (χ0n) is 14.8. The summed E-state index contributed by atoms with van der Waals surface area (Å²) in [5.74, 6) is -1.85. The largest absolute Gasteiger partial charge is 0.496 e. The van der Waals surface area contributed by atoms with Gasteiger partial charge in [0.15, 0.2) is 5.69 Å². The van der Waals surface area contributed by atoms with E-state index in [1.165, 1.54) is 25.4 Å². The maximum Gasteiger partial charge on any atom is 0.274 e. The van der Waals surface area contributed by atoms with Gasteiger partial charge in [0.1, 0.15) is 17.1 Å². The molecule has 0 saturated heterocycles. The van der Waals surface area contributed by atoms with Crippen LogP contribution in [-0.4, -0.2) is 46.4 Å². The number of aliphatic hydroxyl groups is 1. The van der Waals surface area contributed by atoms with Crippen molar-refractivity contribution >= 4 is 17.5 Å². The van der Waals surface area contributed by atoms with Gasteiger partial charge in [0.25, 0.3) is 11.8 Å². The highest BCUT2D eigenvalue weighted by molar-refractivity contribution is 6.09. The van der Waals surface area contributed by atoms with Crippen molar-refractivity contribution in [3.63, 3.8) is 0 Å². The number of amides is 2. The molecule has 0 radical (unpaired) electrons. The van der Waals surface area contributed by atoms with Crippen molar-refractivity contribution in [2.24, 2.45) is 0 Å². The van der Waals surface area contributed by atoms with Crippen LogP contribution in [0.5, 0.6) is 5.75 Å². The third-order valence-electron chi connectivity index (χ3n) is 4.56. The van der Waals surface area contributed by atoms with Gasteiger partial charge in [0.2, 0.25) is 0 Å². The first-order valence-electron chi connectivity index (χ1n) is 8.66. The molecule has 4 N–H and O–H groups in total. The van der Waals surface area contributed by atoms with Crippen LogP contribution in [0, 0.1) is 5.82 Å². The Balaban J connectivity index is 1.72. The SMILES string of the molecule is COc1cccc(F)c1C(=O)Nc1c[nH]nc1C(=O)NC1CCC(O)CC1. The van der Waals surface area contributed by atoms with E-state index in [-0.39, 0.29) is 34.8 Å². The number of methoxy groups -OCH3 is 1. The van der Waals surface area contributed by atoms with E-state index in [0.29, 0.717) is 25.7 Å². The van der Waals surface area contributed by atoms with Gasteiger partial charge in [-0.3, -0.25) is 14.7 Å². The van der Waals surface area contributed by atoms with E-state index in [1.807, 2.05) is 0 Å². The number of rotatable bonds is 5. The lowest BCUT2D eigenvalue weighted by molar-refractivity contribution is 0.0864. The number of benzene rings is 1. The summed E-state index contributed by atoms with van der Waals surface area (Å²) in [6.07, 6.45) is 3.63. The molecule has 1 fully saturated rings. The Hall–Kier alpha value is -2.94. The van der Waals surface area contributed by atoms with E-state index in [1.54, 1.807) is 0 Å². The van der Waals surface area contributed by atoms with E-state index in [0.717, 1.165) is 6.07 Å². The van der Waals surface area contributed by atoms with E-state index < -0.39 is 17.6 Å². The molecule has 0 bridgehead atoms. The molecule has 144 valence electrons. The third kappa shape index (κ3) is 4.25. The number of nitrogens with zero attached hydrogens (tertiary/aromatic N) is 1. The lowest BCUT2D eigenvalue weighted by Gasteiger charge is -2.25. The van der Waals surface area contributed by atoms with E-state index in [9.17, 15) is 19.1 Å². The van der Waals surface area contributed by atoms with Crippen LogP contribution in [0.25, 0.3) is 0 Å². The molecule has 8 nitrogen and oxygen atoms in total. The number of hydrogen-bond acceptors (Lipinski definition) is 5. The van der Waals surface area contributed by atoms with Crippen LogP contribution < -0.4 is 15.4 Å². The molecule has 3 rings (SSSR count). The number of nitrogens with one attached hydrogen (secondary N) is 3. The number of H-pyrrole nitrogens is 1. The number of aromatic amines is 1. The van der Waals surface area contributed by atoms with Gasteiger partial charge >= 0.3 is 0 Å². The Labute approximate surface area is 155 Å². The summed E-state index contributed by atoms with van der Waals surface area (Å²) < 4.78 is 19.1. The first-order valence-corrected chi connectivity index (χ1v) is 8.66. The second-order valence-corrected chi connectivity index (χ2v) is 6.40. The summed E-state index contributed by atoms with van der Waals surface area (Å²) >= 11 is 0. The highest BCUT2D eigenvalue weighted by atomic mass is 19.1. The number of carbonyl (C=O) groups excluding carboxylic acids is 2. The highest BCUT2D eigenvalue weighted by Gasteiger charge is 2.25. The summed E-state index contributed by atoms with van der Waals surface area (Å²) in [6.45, 7) is 0. The van der Waals surface area contributed by atoms with Gasteiger partial charge in [-0.1, -0.05) is 6.07 Å². The normalized spacial score (nSPS) is 19.4. The molecule has 2 amide bonds. The average Bonchev–Trinajstić information content (AvgIpc) is 3.11. The van der Waals surface area contributed by atoms with Gasteiger partial charge in [0, 0.05) is 12.2 Å². The second-order valence-electron chi connectivity index (χ2n) is 6.40. The van der Waals surface area contributed by atoms with Crippen LogP contribution in [0.4, 0.5) is 10.1 Å². The number of carbonyl (C=O) groups is 2. The lowest BCUT2D eigenvalue weighted by Crippen LogP contribution is -2.39. The average molecular weight is 376 g/mol. The number of halogens is 1. The van der Waals surface area contributed by atoms with Gasteiger partial charge in [-0.05, 0) is 37.8 Å². The van der Waals surface area contributed by atoms with Crippen LogP contribution in [0.1, 0.15) is 46.5 Å². The highest BCUT2D eigenvalue weighted by Crippen LogP contribution is 2.24. The molecule has 1 saturated carbocycles. The van der Waals surface area contributed by atoms with Crippen molar-refractivity contribution in [2.45, 2.75) is 37.8 Å². The number of hydrogen-bond donors (Lipinski definition) is 4. The smallest absolute Gasteiger partial charge is 0.274 e. The zero-order chi connectivity index (χ0) is 19.4. The molecule has 0 atom stereocenters. The van der Waals surface area contributed by atoms with E-state index in [2.05, 4.69) is 20.8 Å². The van der Waals surface area contributed by atoms with Crippen LogP contribution in [-0.2, 0) is 0 Å². The lowest BCUT2D eigenvalue weighted by atomic mass is 9.93. The van der Waals surface area contributed by atoms with E-state index >= 15 is 0 Å². The minimum Gasteiger partial charge on any atom is -0.496 e. The fourth-order valence-electron chi connectivity index (χ4n) is 3.11. The summed E-state index contributed by atoms with van der Waals surface area (Å²) in [6, 6.07) is 3.99. The monoisotopic (exact) mass is 376 g/mol.